The van der Waals surface area contributed by atoms with Crippen LogP contribution in [0.1, 0.15) is 310 Å². The summed E-state index contributed by atoms with van der Waals surface area (Å²) in [5, 5.41) is 0. The van der Waals surface area contributed by atoms with Crippen LogP contribution in [0.5, 0.6) is 0 Å². The molecule has 0 amide bonds. The Labute approximate surface area is 374 Å². The van der Waals surface area contributed by atoms with E-state index in [0.29, 0.717) is 19.3 Å². The van der Waals surface area contributed by atoms with Crippen molar-refractivity contribution >= 4 is 17.9 Å². The van der Waals surface area contributed by atoms with Crippen LogP contribution >= 0.6 is 0 Å². The third-order valence-corrected chi connectivity index (χ3v) is 12.4. The molecule has 356 valence electrons. The lowest BCUT2D eigenvalue weighted by Gasteiger charge is -2.18. The quantitative estimate of drug-likeness (QED) is 0.0345. The van der Waals surface area contributed by atoms with Gasteiger partial charge in [0.1, 0.15) is 13.2 Å². The van der Waals surface area contributed by atoms with Gasteiger partial charge in [0.05, 0.1) is 0 Å². The van der Waals surface area contributed by atoms with Crippen LogP contribution in [0.25, 0.3) is 0 Å². The maximum Gasteiger partial charge on any atom is 0.306 e. The number of unbranched alkanes of at least 4 members (excludes halogenated alkanes) is 39. The van der Waals surface area contributed by atoms with E-state index in [1.807, 2.05) is 0 Å². The minimum absolute atomic E-state index is 0.0617. The van der Waals surface area contributed by atoms with Gasteiger partial charge in [-0.25, -0.2) is 0 Å². The Morgan fingerprint density at radius 2 is 0.450 bits per heavy atom. The number of carbonyl (C=O) groups is 3. The standard InChI is InChI=1S/C54H104O6/c1-4-7-10-13-16-19-21-23-25-27-29-31-33-36-39-42-45-48-54(57)60-51(49-58-52(55)46-43-40-37-34-18-15-12-9-6-3)50-59-53(56)47-44-41-38-35-32-30-28-26-24-22-20-17-14-11-8-5-2/h51H,4-50H2,1-3H3/t51-/m1/s1. The summed E-state index contributed by atoms with van der Waals surface area (Å²) in [5.74, 6) is -0.841. The predicted octanol–water partition coefficient (Wildman–Crippen LogP) is 17.6. The van der Waals surface area contributed by atoms with Crippen molar-refractivity contribution in [2.75, 3.05) is 13.2 Å². The zero-order chi connectivity index (χ0) is 43.7. The SMILES string of the molecule is CCCCCCCCCCCCCCCCCCCC(=O)O[C@H](COC(=O)CCCCCCCCCCC)COC(=O)CCCCCCCCCCCCCCCCCC. The maximum atomic E-state index is 12.8. The van der Waals surface area contributed by atoms with Crippen molar-refractivity contribution < 1.29 is 28.6 Å². The summed E-state index contributed by atoms with van der Waals surface area (Å²) in [6.07, 6.45) is 53.8. The molecular formula is C54H104O6. The van der Waals surface area contributed by atoms with Crippen LogP contribution in [0.4, 0.5) is 0 Å². The van der Waals surface area contributed by atoms with Crippen LogP contribution in [-0.2, 0) is 28.6 Å². The Morgan fingerprint density at radius 3 is 0.667 bits per heavy atom. The highest BCUT2D eigenvalue weighted by molar-refractivity contribution is 5.71. The molecule has 0 bridgehead atoms. The third-order valence-electron chi connectivity index (χ3n) is 12.4. The van der Waals surface area contributed by atoms with Crippen LogP contribution in [0.15, 0.2) is 0 Å². The average molecular weight is 849 g/mol. The van der Waals surface area contributed by atoms with Crippen molar-refractivity contribution in [2.24, 2.45) is 0 Å². The Kier molecular flexibility index (Phi) is 48.7. The monoisotopic (exact) mass is 849 g/mol. The van der Waals surface area contributed by atoms with Crippen LogP contribution in [0.2, 0.25) is 0 Å². The van der Waals surface area contributed by atoms with Crippen LogP contribution in [-0.4, -0.2) is 37.2 Å². The van der Waals surface area contributed by atoms with Gasteiger partial charge < -0.3 is 14.2 Å². The zero-order valence-corrected chi connectivity index (χ0v) is 40.8. The summed E-state index contributed by atoms with van der Waals surface area (Å²) in [6, 6.07) is 0. The normalized spacial score (nSPS) is 11.8. The fourth-order valence-electron chi connectivity index (χ4n) is 8.27. The first-order valence-electron chi connectivity index (χ1n) is 27.0. The summed E-state index contributed by atoms with van der Waals surface area (Å²) in [4.78, 5) is 37.9. The zero-order valence-electron chi connectivity index (χ0n) is 40.8. The lowest BCUT2D eigenvalue weighted by Crippen LogP contribution is -2.30. The van der Waals surface area contributed by atoms with Gasteiger partial charge in [0.25, 0.3) is 0 Å². The Hall–Kier alpha value is -1.59. The summed E-state index contributed by atoms with van der Waals surface area (Å²) in [6.45, 7) is 6.67. The topological polar surface area (TPSA) is 78.9 Å². The highest BCUT2D eigenvalue weighted by Crippen LogP contribution is 2.17. The van der Waals surface area contributed by atoms with E-state index in [9.17, 15) is 14.4 Å². The first-order chi connectivity index (χ1) is 29.5. The molecule has 0 spiro atoms. The van der Waals surface area contributed by atoms with Crippen molar-refractivity contribution in [2.45, 2.75) is 316 Å². The molecule has 0 aliphatic heterocycles. The molecule has 0 aromatic heterocycles. The number of rotatable bonds is 50. The first kappa shape index (κ1) is 58.4. The van der Waals surface area contributed by atoms with Crippen LogP contribution in [0.3, 0.4) is 0 Å². The van der Waals surface area contributed by atoms with Gasteiger partial charge in [-0.3, -0.25) is 14.4 Å². The van der Waals surface area contributed by atoms with E-state index in [0.717, 1.165) is 57.8 Å². The highest BCUT2D eigenvalue weighted by Gasteiger charge is 2.19. The van der Waals surface area contributed by atoms with Crippen molar-refractivity contribution in [3.8, 4) is 0 Å². The lowest BCUT2D eigenvalue weighted by molar-refractivity contribution is -0.167. The number of ether oxygens (including phenoxy) is 3. The van der Waals surface area contributed by atoms with Gasteiger partial charge in [-0.15, -0.1) is 0 Å². The molecule has 0 rings (SSSR count). The highest BCUT2D eigenvalue weighted by atomic mass is 16.6. The minimum Gasteiger partial charge on any atom is -0.462 e. The molecule has 1 atom stereocenters. The molecule has 0 radical (unpaired) electrons. The van der Waals surface area contributed by atoms with E-state index in [1.54, 1.807) is 0 Å². The van der Waals surface area contributed by atoms with Crippen LogP contribution in [0, 0.1) is 0 Å². The molecule has 0 saturated carbocycles. The second-order valence-electron chi connectivity index (χ2n) is 18.5. The molecule has 0 N–H and O–H groups in total. The van der Waals surface area contributed by atoms with Gasteiger partial charge in [0.15, 0.2) is 6.10 Å². The minimum atomic E-state index is -0.759. The number of carbonyl (C=O) groups excluding carboxylic acids is 3. The second-order valence-corrected chi connectivity index (χ2v) is 18.5. The smallest absolute Gasteiger partial charge is 0.306 e. The molecule has 6 heteroatoms. The largest absolute Gasteiger partial charge is 0.462 e. The fraction of sp³-hybridized carbons (Fsp3) is 0.944. The molecular weight excluding hydrogens is 745 g/mol. The van der Waals surface area contributed by atoms with E-state index in [4.69, 9.17) is 14.2 Å². The summed E-state index contributed by atoms with van der Waals surface area (Å²) in [5.41, 5.74) is 0. The number of esters is 3. The Morgan fingerprint density at radius 1 is 0.267 bits per heavy atom. The molecule has 0 unspecified atom stereocenters. The maximum absolute atomic E-state index is 12.8. The van der Waals surface area contributed by atoms with E-state index in [-0.39, 0.29) is 31.1 Å². The van der Waals surface area contributed by atoms with Crippen LogP contribution < -0.4 is 0 Å². The van der Waals surface area contributed by atoms with E-state index in [2.05, 4.69) is 20.8 Å². The van der Waals surface area contributed by atoms with Crippen molar-refractivity contribution in [1.29, 1.82) is 0 Å². The molecule has 0 aromatic carbocycles. The van der Waals surface area contributed by atoms with Crippen molar-refractivity contribution in [3.05, 3.63) is 0 Å². The average Bonchev–Trinajstić information content (AvgIpc) is 3.24. The predicted molar refractivity (Wildman–Crippen MR) is 257 cm³/mol. The van der Waals surface area contributed by atoms with Gasteiger partial charge in [-0.2, -0.15) is 0 Å². The first-order valence-corrected chi connectivity index (χ1v) is 27.0. The van der Waals surface area contributed by atoms with Gasteiger partial charge in [0.2, 0.25) is 0 Å². The van der Waals surface area contributed by atoms with Gasteiger partial charge in [-0.05, 0) is 19.3 Å². The molecule has 0 aromatic rings. The second kappa shape index (κ2) is 50.1. The lowest BCUT2D eigenvalue weighted by atomic mass is 10.0. The summed E-state index contributed by atoms with van der Waals surface area (Å²) >= 11 is 0. The summed E-state index contributed by atoms with van der Waals surface area (Å²) < 4.78 is 16.8. The van der Waals surface area contributed by atoms with Gasteiger partial charge >= 0.3 is 17.9 Å². The summed E-state index contributed by atoms with van der Waals surface area (Å²) in [7, 11) is 0. The van der Waals surface area contributed by atoms with E-state index < -0.39 is 6.10 Å². The molecule has 0 aliphatic carbocycles. The van der Waals surface area contributed by atoms with Gasteiger partial charge in [-0.1, -0.05) is 271 Å². The number of hydrogen-bond acceptors (Lipinski definition) is 6. The molecule has 0 fully saturated rings. The molecule has 6 nitrogen and oxygen atoms in total. The van der Waals surface area contributed by atoms with E-state index >= 15 is 0 Å². The molecule has 0 aliphatic rings. The van der Waals surface area contributed by atoms with Crippen molar-refractivity contribution in [1.82, 2.24) is 0 Å². The molecule has 60 heavy (non-hydrogen) atoms. The number of hydrogen-bond donors (Lipinski definition) is 0. The van der Waals surface area contributed by atoms with Gasteiger partial charge in [0, 0.05) is 19.3 Å². The third kappa shape index (κ3) is 47.5. The fourth-order valence-corrected chi connectivity index (χ4v) is 8.27. The Balaban J connectivity index is 4.23. The van der Waals surface area contributed by atoms with E-state index in [1.165, 1.54) is 212 Å². The molecule has 0 heterocycles. The molecule has 0 saturated heterocycles. The van der Waals surface area contributed by atoms with Crippen molar-refractivity contribution in [3.63, 3.8) is 0 Å². The Bertz CT molecular complexity index is 889.